The van der Waals surface area contributed by atoms with Gasteiger partial charge in [0.25, 0.3) is 0 Å². The van der Waals surface area contributed by atoms with E-state index in [-0.39, 0.29) is 0 Å². The first-order chi connectivity index (χ1) is 7.48. The van der Waals surface area contributed by atoms with Crippen molar-refractivity contribution in [1.82, 2.24) is 9.55 Å². The molecule has 1 aliphatic carbocycles. The summed E-state index contributed by atoms with van der Waals surface area (Å²) >= 11 is 0. The highest BCUT2D eigenvalue weighted by Crippen LogP contribution is 2.37. The number of hydrogen-bond donors (Lipinski definition) is 1. The molecule has 3 heteroatoms. The Bertz CT molecular complexity index is 349. The molecule has 90 valence electrons. The molecule has 1 saturated carbocycles. The Labute approximate surface area is 97.5 Å². The topological polar surface area (TPSA) is 38.1 Å². The number of hydrogen-bond acceptors (Lipinski definition) is 2. The Morgan fingerprint density at radius 3 is 2.56 bits per heavy atom. The first-order valence-electron chi connectivity index (χ1n) is 6.17. The Hall–Kier alpha value is -0.830. The molecule has 0 spiro atoms. The highest BCUT2D eigenvalue weighted by molar-refractivity contribution is 5.00. The summed E-state index contributed by atoms with van der Waals surface area (Å²) in [4.78, 5) is 4.31. The lowest BCUT2D eigenvalue weighted by atomic mass is 9.72. The van der Waals surface area contributed by atoms with Gasteiger partial charge in [-0.05, 0) is 31.1 Å². The van der Waals surface area contributed by atoms with Crippen LogP contribution in [0.2, 0.25) is 0 Å². The van der Waals surface area contributed by atoms with Crippen LogP contribution >= 0.6 is 0 Å². The highest BCUT2D eigenvalue weighted by Gasteiger charge is 2.36. The van der Waals surface area contributed by atoms with Crippen LogP contribution in [0.15, 0.2) is 12.4 Å². The van der Waals surface area contributed by atoms with Crippen molar-refractivity contribution in [3.8, 4) is 0 Å². The lowest BCUT2D eigenvalue weighted by Gasteiger charge is -2.38. The molecule has 2 rings (SSSR count). The molecule has 2 unspecified atom stereocenters. The molecule has 0 bridgehead atoms. The molecule has 2 atom stereocenters. The Morgan fingerprint density at radius 2 is 2.06 bits per heavy atom. The van der Waals surface area contributed by atoms with Crippen molar-refractivity contribution in [1.29, 1.82) is 0 Å². The van der Waals surface area contributed by atoms with Crippen molar-refractivity contribution in [2.75, 3.05) is 0 Å². The van der Waals surface area contributed by atoms with E-state index in [0.29, 0.717) is 18.3 Å². The monoisotopic (exact) mass is 222 g/mol. The smallest absolute Gasteiger partial charge is 0.111 e. The lowest BCUT2D eigenvalue weighted by Crippen LogP contribution is -2.40. The van der Waals surface area contributed by atoms with Gasteiger partial charge in [0.05, 0.1) is 5.60 Å². The third kappa shape index (κ3) is 2.46. The van der Waals surface area contributed by atoms with Gasteiger partial charge in [-0.2, -0.15) is 0 Å². The van der Waals surface area contributed by atoms with Gasteiger partial charge in [-0.3, -0.25) is 0 Å². The Balaban J connectivity index is 2.10. The molecule has 0 aliphatic heterocycles. The second-order valence-corrected chi connectivity index (χ2v) is 5.71. The third-order valence-electron chi connectivity index (χ3n) is 3.67. The minimum absolute atomic E-state index is 0.545. The van der Waals surface area contributed by atoms with Crippen molar-refractivity contribution < 1.29 is 5.11 Å². The molecule has 0 amide bonds. The highest BCUT2D eigenvalue weighted by atomic mass is 16.3. The maximum Gasteiger partial charge on any atom is 0.111 e. The summed E-state index contributed by atoms with van der Waals surface area (Å²) in [5.74, 6) is 2.23. The van der Waals surface area contributed by atoms with Gasteiger partial charge < -0.3 is 9.67 Å². The van der Waals surface area contributed by atoms with Crippen molar-refractivity contribution in [2.45, 2.75) is 45.1 Å². The molecule has 1 aromatic rings. The fraction of sp³-hybridized carbons (Fsp3) is 0.769. The first-order valence-corrected chi connectivity index (χ1v) is 6.17. The summed E-state index contributed by atoms with van der Waals surface area (Å²) in [6.45, 7) is 4.47. The average molecular weight is 222 g/mol. The zero-order valence-corrected chi connectivity index (χ0v) is 10.5. The number of nitrogens with zero attached hydrogens (tertiary/aromatic N) is 2. The quantitative estimate of drug-likeness (QED) is 0.832. The Kier molecular flexibility index (Phi) is 3.06. The van der Waals surface area contributed by atoms with Crippen molar-refractivity contribution in [3.05, 3.63) is 18.2 Å². The van der Waals surface area contributed by atoms with E-state index in [4.69, 9.17) is 0 Å². The number of imidazole rings is 1. The Morgan fingerprint density at radius 1 is 1.44 bits per heavy atom. The van der Waals surface area contributed by atoms with E-state index in [9.17, 15) is 5.11 Å². The summed E-state index contributed by atoms with van der Waals surface area (Å²) in [5.41, 5.74) is -0.545. The van der Waals surface area contributed by atoms with Crippen LogP contribution in [0.25, 0.3) is 0 Å². The number of rotatable bonds is 2. The van der Waals surface area contributed by atoms with Gasteiger partial charge >= 0.3 is 0 Å². The lowest BCUT2D eigenvalue weighted by molar-refractivity contribution is -0.0323. The van der Waals surface area contributed by atoms with Crippen LogP contribution in [0.4, 0.5) is 0 Å². The zero-order chi connectivity index (χ0) is 11.8. The second kappa shape index (κ2) is 4.21. The van der Waals surface area contributed by atoms with Crippen LogP contribution in [-0.2, 0) is 13.5 Å². The van der Waals surface area contributed by atoms with E-state index >= 15 is 0 Å². The maximum atomic E-state index is 10.7. The second-order valence-electron chi connectivity index (χ2n) is 5.71. The van der Waals surface area contributed by atoms with Gasteiger partial charge in [-0.15, -0.1) is 0 Å². The molecule has 1 N–H and O–H groups in total. The van der Waals surface area contributed by atoms with Crippen LogP contribution in [0.1, 0.15) is 38.9 Å². The van der Waals surface area contributed by atoms with Crippen LogP contribution in [-0.4, -0.2) is 20.3 Å². The zero-order valence-electron chi connectivity index (χ0n) is 10.5. The van der Waals surface area contributed by atoms with Gasteiger partial charge in [0.15, 0.2) is 0 Å². The number of aryl methyl sites for hydroxylation is 1. The van der Waals surface area contributed by atoms with Crippen LogP contribution in [0.3, 0.4) is 0 Å². The fourth-order valence-corrected chi connectivity index (χ4v) is 3.24. The summed E-state index contributed by atoms with van der Waals surface area (Å²) in [7, 11) is 1.99. The van der Waals surface area contributed by atoms with Crippen molar-refractivity contribution in [3.63, 3.8) is 0 Å². The summed E-state index contributed by atoms with van der Waals surface area (Å²) in [5, 5.41) is 10.7. The molecule has 0 aromatic carbocycles. The summed E-state index contributed by atoms with van der Waals surface area (Å²) in [6, 6.07) is 0. The molecule has 1 aliphatic rings. The van der Waals surface area contributed by atoms with E-state index in [1.54, 1.807) is 6.20 Å². The molecule has 1 heterocycles. The molecule has 1 fully saturated rings. The van der Waals surface area contributed by atoms with Crippen molar-refractivity contribution in [2.24, 2.45) is 18.9 Å². The van der Waals surface area contributed by atoms with Crippen LogP contribution in [0, 0.1) is 11.8 Å². The van der Waals surface area contributed by atoms with Gasteiger partial charge in [-0.1, -0.05) is 13.8 Å². The summed E-state index contributed by atoms with van der Waals surface area (Å²) in [6.07, 6.45) is 7.48. The largest absolute Gasteiger partial charge is 0.389 e. The van der Waals surface area contributed by atoms with E-state index in [1.807, 2.05) is 17.8 Å². The fourth-order valence-electron chi connectivity index (χ4n) is 3.24. The minimum Gasteiger partial charge on any atom is -0.389 e. The third-order valence-corrected chi connectivity index (χ3v) is 3.67. The van der Waals surface area contributed by atoms with E-state index in [2.05, 4.69) is 18.8 Å². The molecule has 0 saturated heterocycles. The molecule has 0 radical (unpaired) electrons. The molecule has 1 aromatic heterocycles. The van der Waals surface area contributed by atoms with E-state index in [1.165, 1.54) is 6.42 Å². The molecule has 16 heavy (non-hydrogen) atoms. The maximum absolute atomic E-state index is 10.7. The molecule has 3 nitrogen and oxygen atoms in total. The molecular weight excluding hydrogens is 200 g/mol. The normalized spacial score (nSPS) is 35.2. The van der Waals surface area contributed by atoms with E-state index in [0.717, 1.165) is 18.7 Å². The minimum atomic E-state index is -0.545. The van der Waals surface area contributed by atoms with Crippen molar-refractivity contribution >= 4 is 0 Å². The van der Waals surface area contributed by atoms with Crippen LogP contribution < -0.4 is 0 Å². The standard InChI is InChI=1S/C13H22N2O/c1-10-6-11(2)8-13(16,7-10)9-12-14-4-5-15(12)3/h4-5,10-11,16H,6-9H2,1-3H3. The van der Waals surface area contributed by atoms with Crippen LogP contribution in [0.5, 0.6) is 0 Å². The number of aliphatic hydroxyl groups is 1. The van der Waals surface area contributed by atoms with Gasteiger partial charge in [0.1, 0.15) is 5.82 Å². The van der Waals surface area contributed by atoms with E-state index < -0.39 is 5.60 Å². The molecular formula is C13H22N2O. The average Bonchev–Trinajstić information content (AvgIpc) is 2.48. The van der Waals surface area contributed by atoms with Gasteiger partial charge in [0.2, 0.25) is 0 Å². The number of aromatic nitrogens is 2. The SMILES string of the molecule is CC1CC(C)CC(O)(Cc2nccn2C)C1. The van der Waals surface area contributed by atoms with Gasteiger partial charge in [0, 0.05) is 25.9 Å². The predicted octanol–water partition coefficient (Wildman–Crippen LogP) is 2.15. The van der Waals surface area contributed by atoms with Gasteiger partial charge in [-0.25, -0.2) is 4.98 Å². The summed E-state index contributed by atoms with van der Waals surface area (Å²) < 4.78 is 2.00. The first kappa shape index (κ1) is 11.6. The predicted molar refractivity (Wildman–Crippen MR) is 64.0 cm³/mol.